The monoisotopic (exact) mass is 876 g/mol. The van der Waals surface area contributed by atoms with Crippen LogP contribution in [-0.2, 0) is 31.9 Å². The van der Waals surface area contributed by atoms with Crippen LogP contribution in [0.2, 0.25) is 0 Å². The number of aromatic nitrogens is 4. The number of aromatic amines is 2. The number of methoxy groups -OCH3 is 1. The highest BCUT2D eigenvalue weighted by molar-refractivity contribution is 5.91. The van der Waals surface area contributed by atoms with Crippen LogP contribution in [0, 0.1) is 5.92 Å². The fourth-order valence-electron chi connectivity index (χ4n) is 10.4. The molecule has 4 amide bonds. The van der Waals surface area contributed by atoms with E-state index in [-0.39, 0.29) is 29.8 Å². The molecule has 0 radical (unpaired) electrons. The summed E-state index contributed by atoms with van der Waals surface area (Å²) in [5, 5.41) is 17.0. The Labute approximate surface area is 375 Å². The number of aryl methyl sites for hydroxylation is 2. The van der Waals surface area contributed by atoms with Gasteiger partial charge < -0.3 is 45.0 Å². The number of benzene rings is 4. The van der Waals surface area contributed by atoms with Crippen LogP contribution in [0.4, 0.5) is 9.59 Å². The van der Waals surface area contributed by atoms with Gasteiger partial charge in [0.25, 0.3) is 5.91 Å². The molecule has 4 aliphatic rings. The van der Waals surface area contributed by atoms with Crippen LogP contribution < -0.4 is 10.6 Å². The highest BCUT2D eigenvalue weighted by Gasteiger charge is 2.41. The fraction of sp³-hybridized carbons (Fsp3) is 0.360. The summed E-state index contributed by atoms with van der Waals surface area (Å²) in [6.45, 7) is 2.15. The SMILES string of the molecule is COC(=O)N[C@@H](C(=O)N1CCC[C@H]1c1nc2c([nH]1)CCc1cc(-c3ccc4cc(-c5cnc([C@@H]6CCCN6C(=O)[C@@H](NC(=O)O)C6CCOCC6)[nH]5)ccc4c3)ccc1-2)c1ccccc1. The molecule has 334 valence electrons. The van der Waals surface area contributed by atoms with E-state index in [1.807, 2.05) is 41.4 Å². The number of rotatable bonds is 10. The Balaban J connectivity index is 0.843. The molecule has 6 aromatic rings. The third-order valence-electron chi connectivity index (χ3n) is 13.7. The summed E-state index contributed by atoms with van der Waals surface area (Å²) < 4.78 is 10.4. The number of amides is 4. The minimum atomic E-state index is -1.20. The quantitative estimate of drug-likeness (QED) is 0.0910. The van der Waals surface area contributed by atoms with Crippen molar-refractivity contribution in [3.05, 3.63) is 120 Å². The molecule has 15 heteroatoms. The number of hydrogen-bond acceptors (Lipinski definition) is 8. The average Bonchev–Trinajstić information content (AvgIpc) is 4.19. The van der Waals surface area contributed by atoms with Crippen molar-refractivity contribution >= 4 is 34.8 Å². The Kier molecular flexibility index (Phi) is 11.5. The van der Waals surface area contributed by atoms with Crippen LogP contribution in [-0.4, -0.2) is 98.3 Å². The molecule has 0 bridgehead atoms. The maximum Gasteiger partial charge on any atom is 0.407 e. The first-order valence-corrected chi connectivity index (χ1v) is 22.6. The summed E-state index contributed by atoms with van der Waals surface area (Å²) in [7, 11) is 1.29. The lowest BCUT2D eigenvalue weighted by Gasteiger charge is -2.33. The van der Waals surface area contributed by atoms with Crippen molar-refractivity contribution < 1.29 is 33.8 Å². The number of imidazole rings is 2. The Morgan fingerprint density at radius 1 is 0.769 bits per heavy atom. The van der Waals surface area contributed by atoms with Crippen LogP contribution in [0.15, 0.2) is 91.1 Å². The second kappa shape index (κ2) is 17.9. The molecule has 5 N–H and O–H groups in total. The number of carbonyl (C=O) groups is 4. The van der Waals surface area contributed by atoms with E-state index in [1.165, 1.54) is 12.7 Å². The summed E-state index contributed by atoms with van der Waals surface area (Å²) in [5.74, 6) is 0.959. The van der Waals surface area contributed by atoms with Gasteiger partial charge in [0.1, 0.15) is 23.7 Å². The van der Waals surface area contributed by atoms with Gasteiger partial charge in [-0.3, -0.25) is 9.59 Å². The molecule has 1 aliphatic carbocycles. The molecule has 10 rings (SSSR count). The summed E-state index contributed by atoms with van der Waals surface area (Å²) in [5.41, 5.74) is 9.07. The van der Waals surface area contributed by atoms with Crippen molar-refractivity contribution in [2.24, 2.45) is 5.92 Å². The summed E-state index contributed by atoms with van der Waals surface area (Å²) in [6.07, 6.45) is 6.04. The number of hydrogen-bond donors (Lipinski definition) is 5. The molecule has 0 saturated carbocycles. The van der Waals surface area contributed by atoms with Gasteiger partial charge in [-0.15, -0.1) is 0 Å². The van der Waals surface area contributed by atoms with Gasteiger partial charge in [0.15, 0.2) is 0 Å². The second-order valence-corrected chi connectivity index (χ2v) is 17.5. The molecule has 65 heavy (non-hydrogen) atoms. The lowest BCUT2D eigenvalue weighted by Crippen LogP contribution is -2.52. The minimum absolute atomic E-state index is 0.111. The van der Waals surface area contributed by atoms with Gasteiger partial charge in [-0.1, -0.05) is 72.8 Å². The van der Waals surface area contributed by atoms with Crippen molar-refractivity contribution in [1.29, 1.82) is 0 Å². The number of carboxylic acid groups (broad SMARTS) is 1. The predicted molar refractivity (Wildman–Crippen MR) is 243 cm³/mol. The first-order chi connectivity index (χ1) is 31.7. The molecule has 4 atom stereocenters. The van der Waals surface area contributed by atoms with E-state index in [2.05, 4.69) is 75.2 Å². The van der Waals surface area contributed by atoms with E-state index in [0.29, 0.717) is 50.5 Å². The van der Waals surface area contributed by atoms with Crippen LogP contribution >= 0.6 is 0 Å². The third kappa shape index (κ3) is 8.32. The standard InChI is InChI=1S/C50H52N8O7/c1-64-50(63)56-43(29-7-3-2-4-8-29)48(60)58-22-6-10-41(58)46-52-38-18-16-35-26-34(15-17-37(35)44(38)54-46)31-11-12-33-27-36(14-13-32(33)25-31)39-28-51-45(53-39)40-9-5-21-57(40)47(59)42(55-49(61)62)30-19-23-65-24-20-30/h2-4,7-8,11-15,17,25-28,30,40-43,55H,5-6,9-10,16,18-24H2,1H3,(H,51,53)(H,52,54)(H,56,63)(H,61,62)/t40-,41-,42-,43+/m0/s1. The highest BCUT2D eigenvalue weighted by Crippen LogP contribution is 2.40. The molecular weight excluding hydrogens is 825 g/mol. The molecule has 4 aromatic carbocycles. The van der Waals surface area contributed by atoms with E-state index in [1.54, 1.807) is 4.90 Å². The zero-order valence-corrected chi connectivity index (χ0v) is 36.2. The lowest BCUT2D eigenvalue weighted by molar-refractivity contribution is -0.137. The number of fused-ring (bicyclic) bond motifs is 4. The van der Waals surface area contributed by atoms with Crippen LogP contribution in [0.5, 0.6) is 0 Å². The van der Waals surface area contributed by atoms with Crippen LogP contribution in [0.25, 0.3) is 44.4 Å². The van der Waals surface area contributed by atoms with Crippen LogP contribution in [0.1, 0.15) is 85.1 Å². The number of nitrogens with zero attached hydrogens (tertiary/aromatic N) is 4. The van der Waals surface area contributed by atoms with Gasteiger partial charge in [0.05, 0.1) is 36.8 Å². The summed E-state index contributed by atoms with van der Waals surface area (Å²) >= 11 is 0. The number of carbonyl (C=O) groups excluding carboxylic acids is 3. The van der Waals surface area contributed by atoms with Gasteiger partial charge >= 0.3 is 12.2 Å². The molecule has 15 nitrogen and oxygen atoms in total. The molecule has 3 fully saturated rings. The highest BCUT2D eigenvalue weighted by atomic mass is 16.5. The summed E-state index contributed by atoms with van der Waals surface area (Å²) in [4.78, 5) is 72.6. The first-order valence-electron chi connectivity index (χ1n) is 22.6. The second-order valence-electron chi connectivity index (χ2n) is 17.5. The van der Waals surface area contributed by atoms with Crippen molar-refractivity contribution in [1.82, 2.24) is 40.4 Å². The van der Waals surface area contributed by atoms with Crippen LogP contribution in [0.3, 0.4) is 0 Å². The Bertz CT molecular complexity index is 2760. The third-order valence-corrected chi connectivity index (χ3v) is 13.7. The van der Waals surface area contributed by atoms with Crippen molar-refractivity contribution in [2.75, 3.05) is 33.4 Å². The average molecular weight is 877 g/mol. The number of nitrogens with one attached hydrogen (secondary N) is 4. The molecule has 5 heterocycles. The minimum Gasteiger partial charge on any atom is -0.465 e. The lowest BCUT2D eigenvalue weighted by atomic mass is 9.89. The Morgan fingerprint density at radius 3 is 2.18 bits per heavy atom. The smallest absolute Gasteiger partial charge is 0.407 e. The normalized spacial score (nSPS) is 19.3. The molecule has 2 aromatic heterocycles. The Morgan fingerprint density at radius 2 is 1.45 bits per heavy atom. The van der Waals surface area contributed by atoms with Gasteiger partial charge in [-0.05, 0) is 102 Å². The summed E-state index contributed by atoms with van der Waals surface area (Å²) in [6, 6.07) is 26.5. The molecular formula is C50H52N8O7. The van der Waals surface area contributed by atoms with E-state index < -0.39 is 24.3 Å². The van der Waals surface area contributed by atoms with Gasteiger partial charge in [-0.25, -0.2) is 19.6 Å². The van der Waals surface area contributed by atoms with Crippen molar-refractivity contribution in [3.8, 4) is 33.6 Å². The Hall–Kier alpha value is -7.00. The maximum absolute atomic E-state index is 14.1. The number of H-pyrrole nitrogens is 2. The largest absolute Gasteiger partial charge is 0.465 e. The zero-order chi connectivity index (χ0) is 44.6. The van der Waals surface area contributed by atoms with E-state index in [4.69, 9.17) is 19.4 Å². The molecule has 3 saturated heterocycles. The van der Waals surface area contributed by atoms with E-state index in [0.717, 1.165) is 94.5 Å². The zero-order valence-electron chi connectivity index (χ0n) is 36.2. The molecule has 0 spiro atoms. The topological polar surface area (TPSA) is 195 Å². The van der Waals surface area contributed by atoms with Gasteiger partial charge in [-0.2, -0.15) is 0 Å². The van der Waals surface area contributed by atoms with E-state index >= 15 is 0 Å². The number of ether oxygens (including phenoxy) is 2. The first kappa shape index (κ1) is 42.0. The number of alkyl carbamates (subject to hydrolysis) is 1. The van der Waals surface area contributed by atoms with Crippen molar-refractivity contribution in [2.45, 2.75) is 75.5 Å². The molecule has 3 aliphatic heterocycles. The van der Waals surface area contributed by atoms with Gasteiger partial charge in [0, 0.05) is 43.1 Å². The van der Waals surface area contributed by atoms with Crippen molar-refractivity contribution in [3.63, 3.8) is 0 Å². The molecule has 0 unspecified atom stereocenters. The fourth-order valence-corrected chi connectivity index (χ4v) is 10.4. The van der Waals surface area contributed by atoms with Gasteiger partial charge in [0.2, 0.25) is 5.91 Å². The van der Waals surface area contributed by atoms with E-state index in [9.17, 15) is 24.3 Å². The maximum atomic E-state index is 14.1. The number of likely N-dealkylation sites (tertiary alicyclic amines) is 2. The predicted octanol–water partition coefficient (Wildman–Crippen LogP) is 7.87.